The average molecular weight is 399 g/mol. The quantitative estimate of drug-likeness (QED) is 0.648. The van der Waals surface area contributed by atoms with E-state index in [1.165, 1.54) is 12.1 Å². The summed E-state index contributed by atoms with van der Waals surface area (Å²) in [6.45, 7) is 0. The molecule has 2 aromatic carbocycles. The van der Waals surface area contributed by atoms with E-state index in [9.17, 15) is 22.0 Å². The Bertz CT molecular complexity index is 827. The van der Waals surface area contributed by atoms with Crippen molar-refractivity contribution in [3.63, 3.8) is 0 Å². The predicted octanol–water partition coefficient (Wildman–Crippen LogP) is 3.99. The van der Waals surface area contributed by atoms with E-state index in [2.05, 4.69) is 5.32 Å². The largest absolute Gasteiger partial charge is 0.324 e. The number of rotatable bonds is 9. The van der Waals surface area contributed by atoms with Gasteiger partial charge in [0, 0.05) is 4.90 Å². The maximum atomic E-state index is 12.5. The number of para-hydroxylation sites is 1. The number of hydrogen-bond acceptors (Lipinski definition) is 4. The molecule has 0 aromatic heterocycles. The molecule has 2 aromatic rings. The molecular formula is C18H19F2NO3S2. The van der Waals surface area contributed by atoms with Crippen molar-refractivity contribution in [1.29, 1.82) is 0 Å². The first kappa shape index (κ1) is 20.4. The van der Waals surface area contributed by atoms with Crippen LogP contribution >= 0.6 is 11.8 Å². The van der Waals surface area contributed by atoms with Crippen LogP contribution in [0.15, 0.2) is 59.5 Å². The Hall–Kier alpha value is -1.93. The summed E-state index contributed by atoms with van der Waals surface area (Å²) in [5.74, 6) is -4.14. The molecule has 0 radical (unpaired) electrons. The number of halogens is 2. The normalized spacial score (nSPS) is 11.5. The fourth-order valence-electron chi connectivity index (χ4n) is 2.37. The summed E-state index contributed by atoms with van der Waals surface area (Å²) in [7, 11) is -3.57. The van der Waals surface area contributed by atoms with Crippen molar-refractivity contribution in [2.45, 2.75) is 23.5 Å². The zero-order valence-electron chi connectivity index (χ0n) is 13.9. The molecule has 140 valence electrons. The lowest BCUT2D eigenvalue weighted by Gasteiger charge is -2.10. The molecule has 0 unspecified atom stereocenters. The second-order valence-electron chi connectivity index (χ2n) is 5.60. The Labute approximate surface area is 155 Å². The number of aryl methyl sites for hydroxylation is 1. The number of amides is 1. The SMILES string of the molecule is O=C(CS(=O)(=O)CCCc1ccccc1)Nc1ccccc1SC(F)F. The third-order valence-electron chi connectivity index (χ3n) is 3.49. The van der Waals surface area contributed by atoms with Crippen molar-refractivity contribution in [2.24, 2.45) is 0 Å². The fraction of sp³-hybridized carbons (Fsp3) is 0.278. The van der Waals surface area contributed by atoms with Crippen molar-refractivity contribution < 1.29 is 22.0 Å². The summed E-state index contributed by atoms with van der Waals surface area (Å²) in [5.41, 5.74) is 1.22. The van der Waals surface area contributed by atoms with Crippen LogP contribution in [-0.2, 0) is 21.1 Å². The van der Waals surface area contributed by atoms with Crippen LogP contribution in [0.1, 0.15) is 12.0 Å². The van der Waals surface area contributed by atoms with Crippen LogP contribution in [0.4, 0.5) is 14.5 Å². The highest BCUT2D eigenvalue weighted by molar-refractivity contribution is 7.99. The third kappa shape index (κ3) is 7.13. The van der Waals surface area contributed by atoms with Gasteiger partial charge >= 0.3 is 0 Å². The number of carbonyl (C=O) groups excluding carboxylic acids is 1. The van der Waals surface area contributed by atoms with Gasteiger partial charge in [0.2, 0.25) is 5.91 Å². The monoisotopic (exact) mass is 399 g/mol. The standard InChI is InChI=1S/C18H19F2NO3S2/c19-18(20)25-16-11-5-4-10-15(16)21-17(22)13-26(23,24)12-6-9-14-7-2-1-3-8-14/h1-5,7-8,10-11,18H,6,9,12-13H2,(H,21,22). The Morgan fingerprint density at radius 1 is 1.04 bits per heavy atom. The molecule has 0 aliphatic carbocycles. The first-order chi connectivity index (χ1) is 12.4. The summed E-state index contributed by atoms with van der Waals surface area (Å²) < 4.78 is 49.3. The van der Waals surface area contributed by atoms with Gasteiger partial charge in [-0.1, -0.05) is 54.2 Å². The van der Waals surface area contributed by atoms with E-state index in [1.807, 2.05) is 30.3 Å². The summed E-state index contributed by atoms with van der Waals surface area (Å²) in [4.78, 5) is 12.2. The molecule has 0 heterocycles. The van der Waals surface area contributed by atoms with Gasteiger partial charge in [-0.25, -0.2) is 8.42 Å². The van der Waals surface area contributed by atoms with Crippen molar-refractivity contribution >= 4 is 33.2 Å². The molecule has 0 aliphatic heterocycles. The second kappa shape index (κ2) is 9.68. The summed E-state index contributed by atoms with van der Waals surface area (Å²) >= 11 is 0.299. The molecule has 0 fully saturated rings. The Balaban J connectivity index is 1.88. The number of anilines is 1. The molecule has 0 spiro atoms. The van der Waals surface area contributed by atoms with Crippen LogP contribution in [0, 0.1) is 0 Å². The minimum atomic E-state index is -3.57. The number of thioether (sulfide) groups is 1. The van der Waals surface area contributed by atoms with E-state index in [-0.39, 0.29) is 16.3 Å². The van der Waals surface area contributed by atoms with Gasteiger partial charge in [-0.15, -0.1) is 0 Å². The van der Waals surface area contributed by atoms with Crippen molar-refractivity contribution in [3.8, 4) is 0 Å². The molecule has 8 heteroatoms. The maximum Gasteiger partial charge on any atom is 0.288 e. The van der Waals surface area contributed by atoms with Crippen LogP contribution in [0.2, 0.25) is 0 Å². The minimum Gasteiger partial charge on any atom is -0.324 e. The van der Waals surface area contributed by atoms with E-state index in [4.69, 9.17) is 0 Å². The molecule has 4 nitrogen and oxygen atoms in total. The van der Waals surface area contributed by atoms with Crippen molar-refractivity contribution in [2.75, 3.05) is 16.8 Å². The van der Waals surface area contributed by atoms with Gasteiger partial charge in [-0.05, 0) is 30.5 Å². The van der Waals surface area contributed by atoms with E-state index in [0.717, 1.165) is 5.56 Å². The fourth-order valence-corrected chi connectivity index (χ4v) is 4.16. The number of carbonyl (C=O) groups is 1. The smallest absolute Gasteiger partial charge is 0.288 e. The summed E-state index contributed by atoms with van der Waals surface area (Å²) in [6.07, 6.45) is 1.02. The minimum absolute atomic E-state index is 0.108. The molecular weight excluding hydrogens is 380 g/mol. The Morgan fingerprint density at radius 2 is 1.69 bits per heavy atom. The first-order valence-corrected chi connectivity index (χ1v) is 10.6. The summed E-state index contributed by atoms with van der Waals surface area (Å²) in [6, 6.07) is 15.5. The van der Waals surface area contributed by atoms with Crippen LogP contribution in [0.3, 0.4) is 0 Å². The van der Waals surface area contributed by atoms with Gasteiger partial charge < -0.3 is 5.32 Å². The number of hydrogen-bond donors (Lipinski definition) is 1. The highest BCUT2D eigenvalue weighted by atomic mass is 32.2. The van der Waals surface area contributed by atoms with Gasteiger partial charge in [-0.2, -0.15) is 8.78 Å². The molecule has 0 aliphatic rings. The molecule has 0 saturated carbocycles. The third-order valence-corrected chi connectivity index (χ3v) is 5.89. The first-order valence-electron chi connectivity index (χ1n) is 7.94. The lowest BCUT2D eigenvalue weighted by atomic mass is 10.1. The molecule has 0 saturated heterocycles. The highest BCUT2D eigenvalue weighted by Crippen LogP contribution is 2.31. The zero-order valence-corrected chi connectivity index (χ0v) is 15.5. The average Bonchev–Trinajstić information content (AvgIpc) is 2.56. The van der Waals surface area contributed by atoms with Crippen molar-refractivity contribution in [1.82, 2.24) is 0 Å². The van der Waals surface area contributed by atoms with Crippen LogP contribution in [0.25, 0.3) is 0 Å². The van der Waals surface area contributed by atoms with Crippen LogP contribution < -0.4 is 5.32 Å². The molecule has 1 amide bonds. The van der Waals surface area contributed by atoms with E-state index in [0.29, 0.717) is 24.6 Å². The van der Waals surface area contributed by atoms with Gasteiger partial charge in [-0.3, -0.25) is 4.79 Å². The number of nitrogens with one attached hydrogen (secondary N) is 1. The molecule has 2 rings (SSSR count). The van der Waals surface area contributed by atoms with Crippen LogP contribution in [0.5, 0.6) is 0 Å². The topological polar surface area (TPSA) is 63.2 Å². The lowest BCUT2D eigenvalue weighted by Crippen LogP contribution is -2.25. The predicted molar refractivity (Wildman–Crippen MR) is 100 cm³/mol. The van der Waals surface area contributed by atoms with Crippen molar-refractivity contribution in [3.05, 3.63) is 60.2 Å². The van der Waals surface area contributed by atoms with Gasteiger partial charge in [0.05, 0.1) is 11.4 Å². The number of sulfone groups is 1. The molecule has 1 N–H and O–H groups in total. The van der Waals surface area contributed by atoms with Crippen LogP contribution in [-0.4, -0.2) is 31.6 Å². The molecule has 0 atom stereocenters. The lowest BCUT2D eigenvalue weighted by molar-refractivity contribution is -0.113. The number of alkyl halides is 2. The van der Waals surface area contributed by atoms with E-state index < -0.39 is 27.3 Å². The van der Waals surface area contributed by atoms with Gasteiger partial charge in [0.25, 0.3) is 5.76 Å². The van der Waals surface area contributed by atoms with Gasteiger partial charge in [0.15, 0.2) is 9.84 Å². The highest BCUT2D eigenvalue weighted by Gasteiger charge is 2.18. The summed E-state index contributed by atoms with van der Waals surface area (Å²) in [5, 5.41) is 2.41. The molecule has 0 bridgehead atoms. The number of benzene rings is 2. The maximum absolute atomic E-state index is 12.5. The Kier molecular flexibility index (Phi) is 7.59. The Morgan fingerprint density at radius 3 is 2.38 bits per heavy atom. The van der Waals surface area contributed by atoms with E-state index in [1.54, 1.807) is 12.1 Å². The molecule has 26 heavy (non-hydrogen) atoms. The zero-order chi connectivity index (χ0) is 19.0. The van der Waals surface area contributed by atoms with Gasteiger partial charge in [0.1, 0.15) is 5.75 Å². The van der Waals surface area contributed by atoms with E-state index >= 15 is 0 Å². The second-order valence-corrected chi connectivity index (χ2v) is 8.82.